The molecule has 0 aliphatic carbocycles. The Morgan fingerprint density at radius 2 is 1.83 bits per heavy atom. The molecule has 1 amide bonds. The van der Waals surface area contributed by atoms with Crippen LogP contribution in [0.25, 0.3) is 0 Å². The number of phenolic OH excluding ortho intramolecular Hbond substituents is 1. The molecule has 2 rings (SSSR count). The van der Waals surface area contributed by atoms with Crippen molar-refractivity contribution in [3.05, 3.63) is 52.0 Å². The van der Waals surface area contributed by atoms with Crippen molar-refractivity contribution in [2.75, 3.05) is 7.05 Å². The summed E-state index contributed by atoms with van der Waals surface area (Å²) < 4.78 is 40.3. The van der Waals surface area contributed by atoms with E-state index in [-0.39, 0.29) is 28.1 Å². The molecule has 0 saturated heterocycles. The number of halogens is 5. The smallest absolute Gasteiger partial charge is 0.505 e. The lowest BCUT2D eigenvalue weighted by Crippen LogP contribution is -2.76. The molecule has 0 bridgehead atoms. The van der Waals surface area contributed by atoms with Crippen molar-refractivity contribution < 1.29 is 33.1 Å². The first-order chi connectivity index (χ1) is 14.0. The predicted molar refractivity (Wildman–Crippen MR) is 106 cm³/mol. The van der Waals surface area contributed by atoms with E-state index in [9.17, 15) is 23.1 Å². The molecule has 12 heteroatoms. The molecular formula is C18H16Cl2F3N4O3+. The van der Waals surface area contributed by atoms with Gasteiger partial charge >= 0.3 is 6.36 Å². The van der Waals surface area contributed by atoms with Crippen molar-refractivity contribution in [2.45, 2.75) is 12.9 Å². The summed E-state index contributed by atoms with van der Waals surface area (Å²) in [7, 11) is 1.43. The summed E-state index contributed by atoms with van der Waals surface area (Å²) in [5.41, 5.74) is 1.04. The standard InChI is InChI=1S/C18H15Cl2F3N4O3/c1-27(8-10-2-4-12(5-3-10)30-18(21,22)23)17(29)16(24)26-9-25-11-6-13(19)15(28)14(20)7-11/h2-7,9,28H,8H2,1H3,(H2,24,25,26)/p+1. The van der Waals surface area contributed by atoms with Crippen LogP contribution in [0.4, 0.5) is 18.9 Å². The summed E-state index contributed by atoms with van der Waals surface area (Å²) in [6, 6.07) is 7.88. The van der Waals surface area contributed by atoms with Gasteiger partial charge in [-0.2, -0.15) is 4.99 Å². The van der Waals surface area contributed by atoms with Crippen LogP contribution in [0.3, 0.4) is 0 Å². The largest absolute Gasteiger partial charge is 0.573 e. The second kappa shape index (κ2) is 9.79. The van der Waals surface area contributed by atoms with Crippen LogP contribution in [0.15, 0.2) is 41.4 Å². The molecule has 30 heavy (non-hydrogen) atoms. The summed E-state index contributed by atoms with van der Waals surface area (Å²) in [5, 5.41) is 18.8. The average molecular weight is 464 g/mol. The normalized spacial score (nSPS) is 11.5. The minimum absolute atomic E-state index is 0.0414. The number of carbonyl (C=O) groups is 1. The van der Waals surface area contributed by atoms with Gasteiger partial charge in [0.05, 0.1) is 10.0 Å². The van der Waals surface area contributed by atoms with Crippen molar-refractivity contribution in [3.8, 4) is 11.5 Å². The number of nitrogens with zero attached hydrogens (tertiary/aromatic N) is 2. The van der Waals surface area contributed by atoms with Crippen LogP contribution in [0.2, 0.25) is 10.0 Å². The first-order valence-electron chi connectivity index (χ1n) is 8.20. The van der Waals surface area contributed by atoms with E-state index in [0.29, 0.717) is 11.3 Å². The number of likely N-dealkylation sites (N-methyl/N-ethyl adjacent to an activating group) is 1. The number of rotatable bonds is 5. The molecule has 0 radical (unpaired) electrons. The fraction of sp³-hybridized carbons (Fsp3) is 0.167. The predicted octanol–water partition coefficient (Wildman–Crippen LogP) is 3.46. The van der Waals surface area contributed by atoms with Crippen LogP contribution < -0.4 is 10.1 Å². The third-order valence-corrected chi connectivity index (χ3v) is 4.21. The number of aliphatic imine (C=N–C) groups is 1. The Kier molecular flexibility index (Phi) is 7.65. The first kappa shape index (κ1) is 23.5. The fourth-order valence-electron chi connectivity index (χ4n) is 2.26. The molecular weight excluding hydrogens is 448 g/mol. The van der Waals surface area contributed by atoms with Gasteiger partial charge in [-0.25, -0.2) is 0 Å². The summed E-state index contributed by atoms with van der Waals surface area (Å²) in [4.78, 5) is 17.1. The maximum atomic E-state index is 12.2. The zero-order valence-electron chi connectivity index (χ0n) is 15.4. The van der Waals surface area contributed by atoms with E-state index in [1.54, 1.807) is 0 Å². The number of quaternary nitrogens is 1. The molecule has 7 nitrogen and oxygen atoms in total. The third kappa shape index (κ3) is 6.90. The Balaban J connectivity index is 1.92. The minimum Gasteiger partial charge on any atom is -0.505 e. The number of benzene rings is 2. The molecule has 0 aliphatic heterocycles. The van der Waals surface area contributed by atoms with E-state index in [2.05, 4.69) is 9.73 Å². The van der Waals surface area contributed by atoms with Crippen LogP contribution in [-0.2, 0) is 11.3 Å². The third-order valence-electron chi connectivity index (χ3n) is 3.64. The highest BCUT2D eigenvalue weighted by atomic mass is 35.5. The van der Waals surface area contributed by atoms with Gasteiger partial charge in [0.1, 0.15) is 11.4 Å². The molecule has 0 fully saturated rings. The number of alkyl halides is 3. The number of aromatic hydroxyl groups is 1. The van der Waals surface area contributed by atoms with Crippen molar-refractivity contribution in [2.24, 2.45) is 4.99 Å². The van der Waals surface area contributed by atoms with Gasteiger partial charge in [0.25, 0.3) is 5.91 Å². The molecule has 0 heterocycles. The molecule has 0 unspecified atom stereocenters. The Hall–Kier alpha value is -2.82. The van der Waals surface area contributed by atoms with E-state index >= 15 is 0 Å². The zero-order chi connectivity index (χ0) is 22.5. The van der Waals surface area contributed by atoms with Crippen LogP contribution in [0.5, 0.6) is 11.5 Å². The second-order valence-corrected chi connectivity index (χ2v) is 6.79. The van der Waals surface area contributed by atoms with Gasteiger partial charge in [0.15, 0.2) is 12.1 Å². The number of hydrogen-bond donors (Lipinski definition) is 3. The molecule has 0 spiro atoms. The van der Waals surface area contributed by atoms with Crippen LogP contribution in [0.1, 0.15) is 5.56 Å². The lowest BCUT2D eigenvalue weighted by Gasteiger charge is -2.16. The van der Waals surface area contributed by atoms with Crippen LogP contribution >= 0.6 is 23.2 Å². The van der Waals surface area contributed by atoms with Gasteiger partial charge in [-0.1, -0.05) is 35.3 Å². The van der Waals surface area contributed by atoms with Crippen molar-refractivity contribution in [1.29, 1.82) is 5.41 Å². The zero-order valence-corrected chi connectivity index (χ0v) is 16.9. The van der Waals surface area contributed by atoms with Gasteiger partial charge in [-0.15, -0.1) is 13.2 Å². The van der Waals surface area contributed by atoms with E-state index in [4.69, 9.17) is 28.6 Å². The van der Waals surface area contributed by atoms with Gasteiger partial charge in [-0.05, 0) is 17.7 Å². The molecule has 2 aromatic carbocycles. The van der Waals surface area contributed by atoms with E-state index in [1.165, 1.54) is 47.9 Å². The first-order valence-corrected chi connectivity index (χ1v) is 8.96. The van der Waals surface area contributed by atoms with Crippen molar-refractivity contribution >= 4 is 47.0 Å². The Morgan fingerprint density at radius 3 is 2.37 bits per heavy atom. The molecule has 4 N–H and O–H groups in total. The highest BCUT2D eigenvalue weighted by Gasteiger charge is 2.31. The second-order valence-electron chi connectivity index (χ2n) is 5.98. The molecule has 0 aliphatic rings. The molecule has 0 aromatic heterocycles. The van der Waals surface area contributed by atoms with E-state index in [1.807, 2.05) is 0 Å². The van der Waals surface area contributed by atoms with Crippen LogP contribution in [0, 0.1) is 5.41 Å². The highest BCUT2D eigenvalue weighted by Crippen LogP contribution is 2.33. The summed E-state index contributed by atoms with van der Waals surface area (Å²) in [5.74, 6) is -1.88. The minimum atomic E-state index is -4.78. The monoisotopic (exact) mass is 463 g/mol. The number of ether oxygens (including phenoxy) is 1. The van der Waals surface area contributed by atoms with E-state index < -0.39 is 18.1 Å². The maximum absolute atomic E-state index is 12.2. The van der Waals surface area contributed by atoms with Gasteiger partial charge < -0.3 is 14.7 Å². The summed E-state index contributed by atoms with van der Waals surface area (Å²) >= 11 is 11.6. The number of phenols is 1. The maximum Gasteiger partial charge on any atom is 0.573 e. The molecule has 0 atom stereocenters. The van der Waals surface area contributed by atoms with Gasteiger partial charge in [0, 0.05) is 25.7 Å². The fourth-order valence-corrected chi connectivity index (χ4v) is 2.76. The molecule has 160 valence electrons. The SMILES string of the molecule is CN(Cc1ccc(OC(F)(F)F)cc1)C(=O)C(=N)N=C[NH2+]c1cc(Cl)c(O)c(Cl)c1. The van der Waals surface area contributed by atoms with E-state index in [0.717, 1.165) is 12.1 Å². The van der Waals surface area contributed by atoms with Crippen molar-refractivity contribution in [1.82, 2.24) is 4.90 Å². The summed E-state index contributed by atoms with van der Waals surface area (Å²) in [6.45, 7) is 0.0515. The molecule has 0 saturated carbocycles. The quantitative estimate of drug-likeness (QED) is 0.273. The Labute approximate surface area is 179 Å². The molecule has 2 aromatic rings. The number of amides is 1. The van der Waals surface area contributed by atoms with Gasteiger partial charge in [-0.3, -0.25) is 15.5 Å². The van der Waals surface area contributed by atoms with Crippen LogP contribution in [-0.4, -0.2) is 41.5 Å². The number of amidine groups is 1. The lowest BCUT2D eigenvalue weighted by atomic mass is 10.2. The number of nitrogens with one attached hydrogen (secondary N) is 1. The number of carbonyl (C=O) groups excluding carboxylic acids is 1. The number of hydrogen-bond acceptors (Lipinski definition) is 4. The Bertz CT molecular complexity index is 943. The summed E-state index contributed by atoms with van der Waals surface area (Å²) in [6.07, 6.45) is -3.58. The highest BCUT2D eigenvalue weighted by molar-refractivity contribution is 6.38. The Morgan fingerprint density at radius 1 is 1.27 bits per heavy atom. The van der Waals surface area contributed by atoms with Crippen molar-refractivity contribution in [3.63, 3.8) is 0 Å². The van der Waals surface area contributed by atoms with Gasteiger partial charge in [0.2, 0.25) is 5.84 Å². The number of nitrogens with two attached hydrogens (primary N) is 1. The lowest BCUT2D eigenvalue weighted by molar-refractivity contribution is -0.432. The topological polar surface area (TPSA) is 103 Å². The average Bonchev–Trinajstić information content (AvgIpc) is 2.65.